The molecule has 0 amide bonds. The molecule has 2 heterocycles. The van der Waals surface area contributed by atoms with E-state index in [9.17, 15) is 8.42 Å². The Labute approximate surface area is 144 Å². The molecule has 1 aromatic heterocycles. The minimum absolute atomic E-state index is 0.258. The lowest BCUT2D eigenvalue weighted by Gasteiger charge is -2.20. The number of hydrogen-bond donors (Lipinski definition) is 1. The van der Waals surface area contributed by atoms with Crippen LogP contribution < -0.4 is 4.72 Å². The smallest absolute Gasteiger partial charge is 0.242 e. The summed E-state index contributed by atoms with van der Waals surface area (Å²) in [6, 6.07) is 7.24. The van der Waals surface area contributed by atoms with Crippen molar-refractivity contribution in [2.45, 2.75) is 31.6 Å². The zero-order valence-corrected chi connectivity index (χ0v) is 15.1. The first-order valence-corrected chi connectivity index (χ1v) is 10.0. The van der Waals surface area contributed by atoms with Gasteiger partial charge in [0, 0.05) is 24.7 Å². The topological polar surface area (TPSA) is 62.3 Å². The normalized spacial score (nSPS) is 17.4. The van der Waals surface area contributed by atoms with Gasteiger partial charge in [-0.05, 0) is 56.5 Å². The molecule has 0 radical (unpaired) electrons. The van der Waals surface area contributed by atoms with Crippen LogP contribution in [0.5, 0.6) is 0 Å². The number of para-hydroxylation sites is 1. The molecule has 1 aromatic carbocycles. The maximum Gasteiger partial charge on any atom is 0.242 e. The number of rotatable bonds is 6. The maximum atomic E-state index is 12.7. The Morgan fingerprint density at radius 3 is 2.79 bits per heavy atom. The minimum atomic E-state index is -3.56. The lowest BCUT2D eigenvalue weighted by molar-refractivity contribution is 0.288. The fourth-order valence-corrected chi connectivity index (χ4v) is 4.60. The SMILES string of the molecule is Cc1cnc2c(S(=O)(=O)NC[C@@H](C)CN3CCCC3)cccc2c1. The summed E-state index contributed by atoms with van der Waals surface area (Å²) in [4.78, 5) is 6.99. The molecule has 24 heavy (non-hydrogen) atoms. The van der Waals surface area contributed by atoms with Crippen LogP contribution in [-0.4, -0.2) is 44.5 Å². The van der Waals surface area contributed by atoms with Crippen LogP contribution in [0.4, 0.5) is 0 Å². The van der Waals surface area contributed by atoms with Crippen molar-refractivity contribution in [3.63, 3.8) is 0 Å². The Balaban J connectivity index is 1.73. The van der Waals surface area contributed by atoms with E-state index in [0.717, 1.165) is 30.6 Å². The number of nitrogens with zero attached hydrogens (tertiary/aromatic N) is 2. The Kier molecular flexibility index (Phi) is 5.18. The third-order valence-corrected chi connectivity index (χ3v) is 5.95. The Bertz CT molecular complexity index is 814. The largest absolute Gasteiger partial charge is 0.303 e. The fraction of sp³-hybridized carbons (Fsp3) is 0.500. The van der Waals surface area contributed by atoms with Gasteiger partial charge in [-0.1, -0.05) is 19.1 Å². The summed E-state index contributed by atoms with van der Waals surface area (Å²) in [6.45, 7) is 7.68. The van der Waals surface area contributed by atoms with E-state index in [-0.39, 0.29) is 10.8 Å². The van der Waals surface area contributed by atoms with Crippen molar-refractivity contribution in [3.05, 3.63) is 36.0 Å². The van der Waals surface area contributed by atoms with Gasteiger partial charge < -0.3 is 4.90 Å². The van der Waals surface area contributed by atoms with Crippen molar-refractivity contribution >= 4 is 20.9 Å². The predicted octanol–water partition coefficient (Wildman–Crippen LogP) is 2.55. The minimum Gasteiger partial charge on any atom is -0.303 e. The first kappa shape index (κ1) is 17.3. The molecule has 1 atom stereocenters. The second-order valence-electron chi connectivity index (χ2n) is 6.81. The van der Waals surface area contributed by atoms with E-state index in [1.54, 1.807) is 18.3 Å². The summed E-state index contributed by atoms with van der Waals surface area (Å²) in [5, 5.41) is 0.850. The summed E-state index contributed by atoms with van der Waals surface area (Å²) in [5.74, 6) is 0.281. The van der Waals surface area contributed by atoms with Crippen LogP contribution in [0, 0.1) is 12.8 Å². The number of aryl methyl sites for hydroxylation is 1. The van der Waals surface area contributed by atoms with Crippen LogP contribution in [-0.2, 0) is 10.0 Å². The average molecular weight is 347 g/mol. The van der Waals surface area contributed by atoms with E-state index in [0.29, 0.717) is 12.1 Å². The van der Waals surface area contributed by atoms with Crippen LogP contribution in [0.15, 0.2) is 35.4 Å². The third-order valence-electron chi connectivity index (χ3n) is 4.49. The molecule has 1 fully saturated rings. The van der Waals surface area contributed by atoms with Gasteiger partial charge in [-0.15, -0.1) is 0 Å². The van der Waals surface area contributed by atoms with Gasteiger partial charge >= 0.3 is 0 Å². The van der Waals surface area contributed by atoms with Gasteiger partial charge in [-0.3, -0.25) is 4.98 Å². The molecule has 1 saturated heterocycles. The molecule has 1 N–H and O–H groups in total. The van der Waals surface area contributed by atoms with E-state index < -0.39 is 10.0 Å². The molecule has 2 aromatic rings. The van der Waals surface area contributed by atoms with E-state index >= 15 is 0 Å². The number of fused-ring (bicyclic) bond motifs is 1. The van der Waals surface area contributed by atoms with Gasteiger partial charge in [0.1, 0.15) is 4.90 Å². The Hall–Kier alpha value is -1.50. The molecule has 6 heteroatoms. The van der Waals surface area contributed by atoms with Crippen molar-refractivity contribution < 1.29 is 8.42 Å². The van der Waals surface area contributed by atoms with Crippen molar-refractivity contribution in [1.82, 2.24) is 14.6 Å². The van der Waals surface area contributed by atoms with Crippen molar-refractivity contribution in [1.29, 1.82) is 0 Å². The molecule has 0 aliphatic carbocycles. The summed E-state index contributed by atoms with van der Waals surface area (Å²) in [6.07, 6.45) is 4.20. The van der Waals surface area contributed by atoms with Crippen LogP contribution in [0.25, 0.3) is 10.9 Å². The highest BCUT2D eigenvalue weighted by atomic mass is 32.2. The van der Waals surface area contributed by atoms with Crippen molar-refractivity contribution in [3.8, 4) is 0 Å². The maximum absolute atomic E-state index is 12.7. The number of nitrogens with one attached hydrogen (secondary N) is 1. The number of likely N-dealkylation sites (tertiary alicyclic amines) is 1. The van der Waals surface area contributed by atoms with Crippen LogP contribution in [0.1, 0.15) is 25.3 Å². The van der Waals surface area contributed by atoms with Gasteiger partial charge in [0.25, 0.3) is 0 Å². The standard InChI is InChI=1S/C18H25N3O2S/c1-14-10-16-6-5-7-17(18(16)19-11-14)24(22,23)20-12-15(2)13-21-8-3-4-9-21/h5-7,10-11,15,20H,3-4,8-9,12-13H2,1-2H3/t15-/m1/s1. The molecule has 0 saturated carbocycles. The fourth-order valence-electron chi connectivity index (χ4n) is 3.26. The first-order valence-electron chi connectivity index (χ1n) is 8.53. The molecule has 3 rings (SSSR count). The van der Waals surface area contributed by atoms with Gasteiger partial charge in [0.15, 0.2) is 0 Å². The second-order valence-corrected chi connectivity index (χ2v) is 8.54. The van der Waals surface area contributed by atoms with Crippen LogP contribution >= 0.6 is 0 Å². The molecule has 1 aliphatic rings. The number of sulfonamides is 1. The second kappa shape index (κ2) is 7.17. The molecular formula is C18H25N3O2S. The number of aromatic nitrogens is 1. The molecule has 1 aliphatic heterocycles. The quantitative estimate of drug-likeness (QED) is 0.872. The van der Waals surface area contributed by atoms with Gasteiger partial charge in [-0.2, -0.15) is 0 Å². The molecule has 0 unspecified atom stereocenters. The Morgan fingerprint density at radius 2 is 2.04 bits per heavy atom. The summed E-state index contributed by atoms with van der Waals surface area (Å²) in [7, 11) is -3.56. The number of pyridine rings is 1. The van der Waals surface area contributed by atoms with Gasteiger partial charge in [0.2, 0.25) is 10.0 Å². The zero-order chi connectivity index (χ0) is 17.2. The van der Waals surface area contributed by atoms with E-state index in [1.165, 1.54) is 12.8 Å². The third kappa shape index (κ3) is 3.94. The molecular weight excluding hydrogens is 322 g/mol. The van der Waals surface area contributed by atoms with Crippen LogP contribution in [0.2, 0.25) is 0 Å². The van der Waals surface area contributed by atoms with Gasteiger partial charge in [-0.25, -0.2) is 13.1 Å². The van der Waals surface area contributed by atoms with E-state index in [4.69, 9.17) is 0 Å². The summed E-state index contributed by atoms with van der Waals surface area (Å²) >= 11 is 0. The highest BCUT2D eigenvalue weighted by molar-refractivity contribution is 7.89. The molecule has 130 valence electrons. The lowest BCUT2D eigenvalue weighted by atomic mass is 10.2. The van der Waals surface area contributed by atoms with E-state index in [2.05, 4.69) is 21.5 Å². The molecule has 5 nitrogen and oxygen atoms in total. The number of hydrogen-bond acceptors (Lipinski definition) is 4. The lowest BCUT2D eigenvalue weighted by Crippen LogP contribution is -2.34. The van der Waals surface area contributed by atoms with Crippen molar-refractivity contribution in [2.75, 3.05) is 26.2 Å². The van der Waals surface area contributed by atoms with E-state index in [1.807, 2.05) is 19.1 Å². The molecule has 0 spiro atoms. The average Bonchev–Trinajstić information content (AvgIpc) is 3.05. The van der Waals surface area contributed by atoms with Gasteiger partial charge in [0.05, 0.1) is 5.52 Å². The van der Waals surface area contributed by atoms with Crippen molar-refractivity contribution in [2.24, 2.45) is 5.92 Å². The predicted molar refractivity (Wildman–Crippen MR) is 96.5 cm³/mol. The zero-order valence-electron chi connectivity index (χ0n) is 14.3. The first-order chi connectivity index (χ1) is 11.5. The monoisotopic (exact) mass is 347 g/mol. The van der Waals surface area contributed by atoms with Crippen LogP contribution in [0.3, 0.4) is 0 Å². The Morgan fingerprint density at radius 1 is 1.29 bits per heavy atom. The molecule has 0 bridgehead atoms. The summed E-state index contributed by atoms with van der Waals surface area (Å²) < 4.78 is 28.2. The summed E-state index contributed by atoms with van der Waals surface area (Å²) in [5.41, 5.74) is 1.55. The number of benzene rings is 1. The highest BCUT2D eigenvalue weighted by Gasteiger charge is 2.20. The highest BCUT2D eigenvalue weighted by Crippen LogP contribution is 2.21.